The zero-order valence-corrected chi connectivity index (χ0v) is 14.9. The monoisotopic (exact) mass is 347 g/mol. The van der Waals surface area contributed by atoms with Crippen LogP contribution < -0.4 is 4.74 Å². The third-order valence-corrected chi connectivity index (χ3v) is 4.62. The molecule has 0 spiro atoms. The Morgan fingerprint density at radius 3 is 2.58 bits per heavy atom. The van der Waals surface area contributed by atoms with Gasteiger partial charge in [0.1, 0.15) is 5.75 Å². The van der Waals surface area contributed by atoms with Gasteiger partial charge in [0.05, 0.1) is 13.0 Å². The Hall–Kier alpha value is -1.85. The number of rotatable bonds is 11. The SMILES string of the molecule is CCN(CCCOc1ccc(Cc2ccsc2)cc1)CCC(=O)O. The van der Waals surface area contributed by atoms with E-state index in [-0.39, 0.29) is 6.42 Å². The van der Waals surface area contributed by atoms with Crippen molar-refractivity contribution in [2.75, 3.05) is 26.2 Å². The van der Waals surface area contributed by atoms with Crippen LogP contribution in [0, 0.1) is 0 Å². The maximum Gasteiger partial charge on any atom is 0.304 e. The molecule has 0 fully saturated rings. The molecule has 2 rings (SSSR count). The van der Waals surface area contributed by atoms with Gasteiger partial charge >= 0.3 is 5.97 Å². The molecular formula is C19H25NO3S. The molecule has 0 bridgehead atoms. The molecule has 0 unspecified atom stereocenters. The maximum absolute atomic E-state index is 10.6. The van der Waals surface area contributed by atoms with Crippen LogP contribution in [0.1, 0.15) is 30.9 Å². The van der Waals surface area contributed by atoms with Crippen molar-refractivity contribution in [3.8, 4) is 5.75 Å². The zero-order valence-electron chi connectivity index (χ0n) is 14.1. The van der Waals surface area contributed by atoms with Crippen LogP contribution >= 0.6 is 11.3 Å². The fourth-order valence-electron chi connectivity index (χ4n) is 2.49. The summed E-state index contributed by atoms with van der Waals surface area (Å²) in [4.78, 5) is 12.8. The number of ether oxygens (including phenoxy) is 1. The smallest absolute Gasteiger partial charge is 0.304 e. The van der Waals surface area contributed by atoms with E-state index < -0.39 is 5.97 Å². The van der Waals surface area contributed by atoms with Gasteiger partial charge in [0.2, 0.25) is 0 Å². The van der Waals surface area contributed by atoms with Crippen LogP contribution in [0.3, 0.4) is 0 Å². The lowest BCUT2D eigenvalue weighted by atomic mass is 10.1. The molecule has 0 radical (unpaired) electrons. The lowest BCUT2D eigenvalue weighted by Gasteiger charge is -2.19. The van der Waals surface area contributed by atoms with E-state index in [1.54, 1.807) is 11.3 Å². The number of aliphatic carboxylic acids is 1. The number of carboxylic acid groups (broad SMARTS) is 1. The first-order valence-corrected chi connectivity index (χ1v) is 9.28. The summed E-state index contributed by atoms with van der Waals surface area (Å²) in [6, 6.07) is 10.4. The first kappa shape index (κ1) is 18.5. The summed E-state index contributed by atoms with van der Waals surface area (Å²) in [5, 5.41) is 13.0. The molecule has 1 aromatic heterocycles. The summed E-state index contributed by atoms with van der Waals surface area (Å²) in [5.74, 6) is 0.143. The highest BCUT2D eigenvalue weighted by molar-refractivity contribution is 7.07. The average molecular weight is 347 g/mol. The lowest BCUT2D eigenvalue weighted by molar-refractivity contribution is -0.137. The summed E-state index contributed by atoms with van der Waals surface area (Å²) in [7, 11) is 0. The van der Waals surface area contributed by atoms with Gasteiger partial charge in [0.15, 0.2) is 0 Å². The van der Waals surface area contributed by atoms with Crippen molar-refractivity contribution >= 4 is 17.3 Å². The van der Waals surface area contributed by atoms with Gasteiger partial charge in [-0.3, -0.25) is 4.79 Å². The number of nitrogens with zero attached hydrogens (tertiary/aromatic N) is 1. The van der Waals surface area contributed by atoms with Crippen molar-refractivity contribution < 1.29 is 14.6 Å². The molecule has 5 heteroatoms. The number of benzene rings is 1. The van der Waals surface area contributed by atoms with E-state index in [2.05, 4.69) is 40.8 Å². The highest BCUT2D eigenvalue weighted by Crippen LogP contribution is 2.17. The Morgan fingerprint density at radius 1 is 1.17 bits per heavy atom. The molecule has 2 aromatic rings. The first-order chi connectivity index (χ1) is 11.7. The van der Waals surface area contributed by atoms with Gasteiger partial charge in [0, 0.05) is 13.1 Å². The van der Waals surface area contributed by atoms with Crippen LogP contribution in [0.4, 0.5) is 0 Å². The Balaban J connectivity index is 1.67. The number of carboxylic acids is 1. The third-order valence-electron chi connectivity index (χ3n) is 3.89. The van der Waals surface area contributed by atoms with Gasteiger partial charge in [-0.05, 0) is 59.5 Å². The van der Waals surface area contributed by atoms with Gasteiger partial charge in [-0.1, -0.05) is 19.1 Å². The predicted molar refractivity (Wildman–Crippen MR) is 98.0 cm³/mol. The molecule has 0 saturated heterocycles. The van der Waals surface area contributed by atoms with Gasteiger partial charge in [-0.15, -0.1) is 0 Å². The minimum atomic E-state index is -0.743. The molecule has 0 saturated carbocycles. The fourth-order valence-corrected chi connectivity index (χ4v) is 3.16. The number of hydrogen-bond acceptors (Lipinski definition) is 4. The van der Waals surface area contributed by atoms with Crippen molar-refractivity contribution in [1.82, 2.24) is 4.90 Å². The minimum Gasteiger partial charge on any atom is -0.494 e. The standard InChI is InChI=1S/C19H25NO3S/c1-2-20(11-8-19(21)22)10-3-12-23-18-6-4-16(5-7-18)14-17-9-13-24-15-17/h4-7,9,13,15H,2-3,8,10-12,14H2,1H3,(H,21,22). The summed E-state index contributed by atoms with van der Waals surface area (Å²) in [6.45, 7) is 5.02. The van der Waals surface area contributed by atoms with Gasteiger partial charge in [0.25, 0.3) is 0 Å². The summed E-state index contributed by atoms with van der Waals surface area (Å²) in [5.41, 5.74) is 2.63. The second-order valence-electron chi connectivity index (χ2n) is 5.73. The van der Waals surface area contributed by atoms with Gasteiger partial charge < -0.3 is 14.7 Å². The molecule has 0 aliphatic carbocycles. The molecular weight excluding hydrogens is 322 g/mol. The molecule has 1 aromatic carbocycles. The predicted octanol–water partition coefficient (Wildman–Crippen LogP) is 3.90. The molecule has 1 N–H and O–H groups in total. The Labute approximate surface area is 147 Å². The zero-order chi connectivity index (χ0) is 17.2. The lowest BCUT2D eigenvalue weighted by Crippen LogP contribution is -2.28. The summed E-state index contributed by atoms with van der Waals surface area (Å²) >= 11 is 1.72. The van der Waals surface area contributed by atoms with Gasteiger partial charge in [-0.2, -0.15) is 11.3 Å². The largest absolute Gasteiger partial charge is 0.494 e. The van der Waals surface area contributed by atoms with E-state index in [1.807, 2.05) is 12.1 Å². The molecule has 0 aliphatic heterocycles. The third kappa shape index (κ3) is 6.72. The molecule has 0 aliphatic rings. The molecule has 0 atom stereocenters. The molecule has 24 heavy (non-hydrogen) atoms. The van der Waals surface area contributed by atoms with Crippen molar-refractivity contribution in [2.45, 2.75) is 26.2 Å². The quantitative estimate of drug-likeness (QED) is 0.626. The topological polar surface area (TPSA) is 49.8 Å². The van der Waals surface area contributed by atoms with Crippen molar-refractivity contribution in [1.29, 1.82) is 0 Å². The van der Waals surface area contributed by atoms with E-state index in [4.69, 9.17) is 9.84 Å². The minimum absolute atomic E-state index is 0.195. The molecule has 4 nitrogen and oxygen atoms in total. The first-order valence-electron chi connectivity index (χ1n) is 8.34. The highest BCUT2D eigenvalue weighted by Gasteiger charge is 2.05. The van der Waals surface area contributed by atoms with Crippen molar-refractivity contribution in [2.24, 2.45) is 0 Å². The van der Waals surface area contributed by atoms with Crippen LogP contribution in [0.2, 0.25) is 0 Å². The number of carbonyl (C=O) groups is 1. The Kier molecular flexibility index (Phi) is 7.79. The molecule has 1 heterocycles. The second kappa shape index (κ2) is 10.1. The van der Waals surface area contributed by atoms with Crippen molar-refractivity contribution in [3.05, 3.63) is 52.2 Å². The van der Waals surface area contributed by atoms with Crippen LogP contribution in [0.5, 0.6) is 5.75 Å². The fraction of sp³-hybridized carbons (Fsp3) is 0.421. The van der Waals surface area contributed by atoms with E-state index in [9.17, 15) is 4.79 Å². The van der Waals surface area contributed by atoms with Crippen molar-refractivity contribution in [3.63, 3.8) is 0 Å². The van der Waals surface area contributed by atoms with E-state index >= 15 is 0 Å². The highest BCUT2D eigenvalue weighted by atomic mass is 32.1. The number of thiophene rings is 1. The normalized spacial score (nSPS) is 10.9. The van der Waals surface area contributed by atoms with E-state index in [0.29, 0.717) is 13.2 Å². The Bertz CT molecular complexity index is 596. The van der Waals surface area contributed by atoms with Gasteiger partial charge in [-0.25, -0.2) is 0 Å². The molecule has 130 valence electrons. The Morgan fingerprint density at radius 2 is 1.96 bits per heavy atom. The van der Waals surface area contributed by atoms with E-state index in [1.165, 1.54) is 11.1 Å². The maximum atomic E-state index is 10.6. The van der Waals surface area contributed by atoms with E-state index in [0.717, 1.165) is 31.7 Å². The molecule has 0 amide bonds. The number of hydrogen-bond donors (Lipinski definition) is 1. The average Bonchev–Trinajstić information content (AvgIpc) is 3.08. The van der Waals surface area contributed by atoms with Crippen LogP contribution in [-0.2, 0) is 11.2 Å². The van der Waals surface area contributed by atoms with Crippen LogP contribution in [0.15, 0.2) is 41.1 Å². The van der Waals surface area contributed by atoms with Crippen LogP contribution in [0.25, 0.3) is 0 Å². The van der Waals surface area contributed by atoms with Crippen LogP contribution in [-0.4, -0.2) is 42.2 Å². The summed E-state index contributed by atoms with van der Waals surface area (Å²) < 4.78 is 5.78. The second-order valence-corrected chi connectivity index (χ2v) is 6.51. The summed E-state index contributed by atoms with van der Waals surface area (Å²) in [6.07, 6.45) is 2.04.